The molecule has 4 rings (SSSR count). The summed E-state index contributed by atoms with van der Waals surface area (Å²) in [4.78, 5) is 47.4. The van der Waals surface area contributed by atoms with E-state index in [1.165, 1.54) is 4.90 Å². The molecule has 0 bridgehead atoms. The van der Waals surface area contributed by atoms with Crippen LogP contribution in [-0.4, -0.2) is 37.8 Å². The molecule has 0 fully saturated rings. The number of hydrogen-bond acceptors (Lipinski definition) is 5. The van der Waals surface area contributed by atoms with Crippen molar-refractivity contribution >= 4 is 22.8 Å². The highest BCUT2D eigenvalue weighted by molar-refractivity contribution is 6.21. The normalized spacial score (nSPS) is 13.5. The summed E-state index contributed by atoms with van der Waals surface area (Å²) in [6, 6.07) is 10.2. The first-order valence-electron chi connectivity index (χ1n) is 8.41. The highest BCUT2D eigenvalue weighted by Crippen LogP contribution is 2.22. The minimum atomic E-state index is -0.310. The van der Waals surface area contributed by atoms with Crippen LogP contribution < -0.4 is 5.56 Å². The Hall–Kier alpha value is -3.35. The summed E-state index contributed by atoms with van der Waals surface area (Å²) in [7, 11) is 0. The van der Waals surface area contributed by atoms with Gasteiger partial charge in [-0.05, 0) is 31.2 Å². The van der Waals surface area contributed by atoms with Crippen LogP contribution in [0.5, 0.6) is 0 Å². The lowest BCUT2D eigenvalue weighted by molar-refractivity contribution is 0.0655. The molecule has 3 aromatic rings. The number of aromatic nitrogens is 3. The number of amides is 2. The van der Waals surface area contributed by atoms with Crippen LogP contribution in [0.15, 0.2) is 47.4 Å². The lowest BCUT2D eigenvalue weighted by atomic mass is 10.1. The number of imide groups is 1. The fraction of sp³-hybridized carbons (Fsp3) is 0.211. The van der Waals surface area contributed by atoms with Gasteiger partial charge in [-0.15, -0.1) is 0 Å². The van der Waals surface area contributed by atoms with E-state index in [0.29, 0.717) is 41.0 Å². The minimum absolute atomic E-state index is 0.164. The van der Waals surface area contributed by atoms with Gasteiger partial charge in [0.25, 0.3) is 17.4 Å². The number of fused-ring (bicyclic) bond motifs is 2. The molecular weight excluding hydrogens is 332 g/mol. The van der Waals surface area contributed by atoms with Gasteiger partial charge in [-0.25, -0.2) is 9.97 Å². The summed E-state index contributed by atoms with van der Waals surface area (Å²) in [6.45, 7) is 2.47. The highest BCUT2D eigenvalue weighted by atomic mass is 16.2. The fourth-order valence-electron chi connectivity index (χ4n) is 3.27. The van der Waals surface area contributed by atoms with Crippen molar-refractivity contribution in [2.45, 2.75) is 19.9 Å². The van der Waals surface area contributed by atoms with Gasteiger partial charge in [-0.1, -0.05) is 12.1 Å². The van der Waals surface area contributed by atoms with Crippen LogP contribution in [0.1, 0.15) is 33.5 Å². The monoisotopic (exact) mass is 348 g/mol. The van der Waals surface area contributed by atoms with Crippen LogP contribution in [0, 0.1) is 0 Å². The Bertz CT molecular complexity index is 1070. The van der Waals surface area contributed by atoms with Crippen molar-refractivity contribution in [3.8, 4) is 0 Å². The Balaban J connectivity index is 1.66. The first-order valence-corrected chi connectivity index (χ1v) is 8.41. The zero-order chi connectivity index (χ0) is 18.3. The van der Waals surface area contributed by atoms with Crippen LogP contribution in [0.3, 0.4) is 0 Å². The Kier molecular flexibility index (Phi) is 3.84. The molecule has 1 aliphatic heterocycles. The van der Waals surface area contributed by atoms with Crippen molar-refractivity contribution < 1.29 is 9.59 Å². The Morgan fingerprint density at radius 1 is 0.962 bits per heavy atom. The van der Waals surface area contributed by atoms with Crippen molar-refractivity contribution in [2.24, 2.45) is 0 Å². The van der Waals surface area contributed by atoms with Gasteiger partial charge in [0.15, 0.2) is 5.65 Å². The first-order chi connectivity index (χ1) is 12.6. The number of nitrogens with zero attached hydrogens (tertiary/aromatic N) is 4. The lowest BCUT2D eigenvalue weighted by Gasteiger charge is -2.16. The van der Waals surface area contributed by atoms with E-state index in [1.807, 2.05) is 6.92 Å². The Morgan fingerprint density at radius 2 is 1.65 bits per heavy atom. The minimum Gasteiger partial charge on any atom is -0.296 e. The summed E-state index contributed by atoms with van der Waals surface area (Å²) in [5.41, 5.74) is 1.04. The van der Waals surface area contributed by atoms with Gasteiger partial charge in [0.1, 0.15) is 5.82 Å². The fourth-order valence-corrected chi connectivity index (χ4v) is 3.27. The second kappa shape index (κ2) is 6.18. The van der Waals surface area contributed by atoms with E-state index < -0.39 is 0 Å². The topological polar surface area (TPSA) is 85.2 Å². The van der Waals surface area contributed by atoms with Crippen molar-refractivity contribution in [2.75, 3.05) is 6.54 Å². The van der Waals surface area contributed by atoms with Gasteiger partial charge < -0.3 is 0 Å². The van der Waals surface area contributed by atoms with E-state index in [1.54, 1.807) is 47.2 Å². The largest absolute Gasteiger partial charge is 0.296 e. The maximum atomic E-state index is 12.6. The summed E-state index contributed by atoms with van der Waals surface area (Å²) in [5.74, 6) is -0.106. The molecule has 0 saturated heterocycles. The van der Waals surface area contributed by atoms with Crippen molar-refractivity contribution in [3.05, 3.63) is 69.9 Å². The van der Waals surface area contributed by atoms with Gasteiger partial charge >= 0.3 is 0 Å². The number of rotatable bonds is 4. The standard InChI is InChI=1S/C19H16N4O3/c1-2-22-15(21-16-14(19(22)26)8-5-10-20-16)9-11-23-17(24)12-6-3-4-7-13(12)18(23)25/h3-8,10H,2,9,11H2,1H3. The summed E-state index contributed by atoms with van der Waals surface area (Å²) in [5, 5.41) is 0.457. The van der Waals surface area contributed by atoms with Gasteiger partial charge in [0, 0.05) is 25.7 Å². The molecule has 26 heavy (non-hydrogen) atoms. The van der Waals surface area contributed by atoms with Crippen LogP contribution in [-0.2, 0) is 13.0 Å². The Morgan fingerprint density at radius 3 is 2.31 bits per heavy atom. The zero-order valence-corrected chi connectivity index (χ0v) is 14.2. The molecule has 1 aromatic carbocycles. The maximum absolute atomic E-state index is 12.6. The Labute approximate surface area is 148 Å². The van der Waals surface area contributed by atoms with Crippen molar-refractivity contribution in [1.82, 2.24) is 19.4 Å². The number of pyridine rings is 1. The molecule has 0 radical (unpaired) electrons. The molecule has 0 spiro atoms. The number of carbonyl (C=O) groups excluding carboxylic acids is 2. The second-order valence-electron chi connectivity index (χ2n) is 6.01. The molecule has 7 heteroatoms. The van der Waals surface area contributed by atoms with Crippen LogP contribution in [0.4, 0.5) is 0 Å². The predicted molar refractivity (Wildman–Crippen MR) is 95.0 cm³/mol. The summed E-state index contributed by atoms with van der Waals surface area (Å²) >= 11 is 0. The molecule has 0 aliphatic carbocycles. The quantitative estimate of drug-likeness (QED) is 0.669. The lowest BCUT2D eigenvalue weighted by Crippen LogP contribution is -2.34. The van der Waals surface area contributed by atoms with Gasteiger partial charge in [0.05, 0.1) is 16.5 Å². The van der Waals surface area contributed by atoms with Crippen LogP contribution >= 0.6 is 0 Å². The molecule has 0 saturated carbocycles. The second-order valence-corrected chi connectivity index (χ2v) is 6.01. The van der Waals surface area contributed by atoms with Crippen molar-refractivity contribution in [1.29, 1.82) is 0 Å². The molecule has 1 aliphatic rings. The summed E-state index contributed by atoms with van der Waals surface area (Å²) in [6.07, 6.45) is 1.88. The van der Waals surface area contributed by atoms with Crippen molar-refractivity contribution in [3.63, 3.8) is 0 Å². The summed E-state index contributed by atoms with van der Waals surface area (Å²) < 4.78 is 1.56. The third-order valence-electron chi connectivity index (χ3n) is 4.56. The molecule has 3 heterocycles. The maximum Gasteiger partial charge on any atom is 0.263 e. The third-order valence-corrected chi connectivity index (χ3v) is 4.56. The van der Waals surface area contributed by atoms with E-state index >= 15 is 0 Å². The number of benzene rings is 1. The van der Waals surface area contributed by atoms with E-state index in [-0.39, 0.29) is 23.9 Å². The van der Waals surface area contributed by atoms with Gasteiger partial charge in [-0.3, -0.25) is 23.9 Å². The molecule has 2 aromatic heterocycles. The SMILES string of the molecule is CCn1c(CCN2C(=O)c3ccccc3C2=O)nc2ncccc2c1=O. The van der Waals surface area contributed by atoms with E-state index in [2.05, 4.69) is 9.97 Å². The van der Waals surface area contributed by atoms with Crippen LogP contribution in [0.25, 0.3) is 11.0 Å². The van der Waals surface area contributed by atoms with Gasteiger partial charge in [0.2, 0.25) is 0 Å². The van der Waals surface area contributed by atoms with Crippen LogP contribution in [0.2, 0.25) is 0 Å². The average molecular weight is 348 g/mol. The van der Waals surface area contributed by atoms with Gasteiger partial charge in [-0.2, -0.15) is 0 Å². The average Bonchev–Trinajstić information content (AvgIpc) is 2.91. The molecule has 2 amide bonds. The number of hydrogen-bond donors (Lipinski definition) is 0. The van der Waals surface area contributed by atoms with E-state index in [4.69, 9.17) is 0 Å². The van der Waals surface area contributed by atoms with E-state index in [0.717, 1.165) is 0 Å². The molecule has 130 valence electrons. The first kappa shape index (κ1) is 16.1. The number of carbonyl (C=O) groups is 2. The molecule has 0 N–H and O–H groups in total. The third kappa shape index (κ3) is 2.40. The molecule has 0 unspecified atom stereocenters. The smallest absolute Gasteiger partial charge is 0.263 e. The van der Waals surface area contributed by atoms with E-state index in [9.17, 15) is 14.4 Å². The highest BCUT2D eigenvalue weighted by Gasteiger charge is 2.34. The molecular formula is C19H16N4O3. The molecule has 0 atom stereocenters. The molecule has 7 nitrogen and oxygen atoms in total. The zero-order valence-electron chi connectivity index (χ0n) is 14.2. The predicted octanol–water partition coefficient (Wildman–Crippen LogP) is 1.65.